The Morgan fingerprint density at radius 2 is 1.80 bits per heavy atom. The summed E-state index contributed by atoms with van der Waals surface area (Å²) in [6, 6.07) is 5.24. The minimum absolute atomic E-state index is 0.0264. The molecule has 4 heterocycles. The van der Waals surface area contributed by atoms with Crippen LogP contribution in [0.5, 0.6) is 5.75 Å². The number of piperidine rings is 1. The van der Waals surface area contributed by atoms with Crippen LogP contribution >= 0.6 is 22.7 Å². The van der Waals surface area contributed by atoms with Crippen LogP contribution in [0.15, 0.2) is 23.0 Å². The van der Waals surface area contributed by atoms with Gasteiger partial charge in [-0.2, -0.15) is 0 Å². The monoisotopic (exact) mass is 644 g/mol. The van der Waals surface area contributed by atoms with Gasteiger partial charge in [-0.05, 0) is 70.3 Å². The number of aromatic nitrogens is 1. The topological polar surface area (TPSA) is 118 Å². The molecule has 1 amide bonds. The number of thiophene rings is 1. The Balaban J connectivity index is 0.889. The number of likely N-dealkylation sites (tertiary alicyclic amines) is 1. The highest BCUT2D eigenvalue weighted by Crippen LogP contribution is 2.33. The minimum atomic E-state index is -0.728. The number of aliphatic hydroxyl groups excluding tert-OH is 1. The molecule has 2 aromatic heterocycles. The normalized spacial score (nSPS) is 17.9. The lowest BCUT2D eigenvalue weighted by atomic mass is 9.89. The van der Waals surface area contributed by atoms with Crippen LogP contribution in [0.4, 0.5) is 0 Å². The smallest absolute Gasteiger partial charge is 0.305 e. The second-order valence-corrected chi connectivity index (χ2v) is 14.8. The number of nitrogens with zero attached hydrogens (tertiary/aromatic N) is 2. The zero-order valence-electron chi connectivity index (χ0n) is 26.2. The van der Waals surface area contributed by atoms with E-state index in [1.807, 2.05) is 11.0 Å². The quantitative estimate of drug-likeness (QED) is 0.175. The van der Waals surface area contributed by atoms with Crippen LogP contribution in [0, 0.1) is 13.8 Å². The number of carbonyl (C=O) groups is 1. The van der Waals surface area contributed by atoms with Gasteiger partial charge in [0.25, 0.3) is 5.91 Å². The summed E-state index contributed by atoms with van der Waals surface area (Å²) < 4.78 is 6.92. The standard InChI is InChI=1S/C33H48N4O5S2/c1-23-20-28(43-24(23)2)31(40)37-18-19-42-33(22-37)12-16-36(17-13-33)15-9-7-5-3-4-6-8-14-34-21-27(39)25-10-11-26(38)29-30(25)44-32(41)35-29/h10-11,20,27,34,38-39H,3-9,12-19,21-22H2,1-2H3,(H,35,41). The van der Waals surface area contributed by atoms with Gasteiger partial charge < -0.3 is 35.1 Å². The first kappa shape index (κ1) is 33.1. The average Bonchev–Trinajstić information content (AvgIpc) is 3.58. The summed E-state index contributed by atoms with van der Waals surface area (Å²) in [6.07, 6.45) is 9.75. The molecule has 1 spiro atoms. The molecule has 2 aliphatic heterocycles. The van der Waals surface area contributed by atoms with Gasteiger partial charge in [0.05, 0.1) is 34.4 Å². The highest BCUT2D eigenvalue weighted by molar-refractivity contribution is 7.16. The van der Waals surface area contributed by atoms with E-state index in [9.17, 15) is 19.8 Å². The van der Waals surface area contributed by atoms with Crippen molar-refractivity contribution >= 4 is 38.8 Å². The molecule has 2 saturated heterocycles. The lowest BCUT2D eigenvalue weighted by Gasteiger charge is -2.47. The summed E-state index contributed by atoms with van der Waals surface area (Å²) >= 11 is 2.62. The van der Waals surface area contributed by atoms with Crippen LogP contribution in [-0.4, -0.2) is 88.9 Å². The van der Waals surface area contributed by atoms with Crippen molar-refractivity contribution in [3.05, 3.63) is 48.7 Å². The first-order chi connectivity index (χ1) is 21.2. The Bertz CT molecular complexity index is 1420. The minimum Gasteiger partial charge on any atom is -0.506 e. The number of nitrogens with one attached hydrogen (secondary N) is 2. The fourth-order valence-electron chi connectivity index (χ4n) is 6.46. The molecule has 0 saturated carbocycles. The number of phenolic OH excluding ortho intramolecular Hbond substituents is 1. The molecule has 4 N–H and O–H groups in total. The molecule has 3 aromatic rings. The number of amides is 1. The Morgan fingerprint density at radius 1 is 1.07 bits per heavy atom. The van der Waals surface area contributed by atoms with Crippen molar-refractivity contribution in [1.82, 2.24) is 20.1 Å². The molecular weight excluding hydrogens is 597 g/mol. The van der Waals surface area contributed by atoms with E-state index in [0.717, 1.165) is 61.7 Å². The van der Waals surface area contributed by atoms with Crippen molar-refractivity contribution in [2.24, 2.45) is 0 Å². The van der Waals surface area contributed by atoms with Crippen LogP contribution in [0.25, 0.3) is 10.2 Å². The van der Waals surface area contributed by atoms with E-state index in [-0.39, 0.29) is 22.1 Å². The summed E-state index contributed by atoms with van der Waals surface area (Å²) in [5.41, 5.74) is 2.08. The molecule has 1 aromatic carbocycles. The third-order valence-electron chi connectivity index (χ3n) is 9.29. The van der Waals surface area contributed by atoms with Gasteiger partial charge in [0.1, 0.15) is 11.3 Å². The number of rotatable bonds is 14. The fraction of sp³-hybridized carbons (Fsp3) is 0.636. The van der Waals surface area contributed by atoms with Crippen molar-refractivity contribution in [1.29, 1.82) is 0 Å². The zero-order valence-corrected chi connectivity index (χ0v) is 27.8. The summed E-state index contributed by atoms with van der Waals surface area (Å²) in [7, 11) is 0. The zero-order chi connectivity index (χ0) is 31.1. The SMILES string of the molecule is Cc1cc(C(=O)N2CCOC3(CCN(CCCCCCCCCNCC(O)c4ccc(O)c5[nH]c(=O)sc45)CC3)C2)sc1C. The fourth-order valence-corrected chi connectivity index (χ4v) is 8.38. The van der Waals surface area contributed by atoms with E-state index < -0.39 is 6.10 Å². The Kier molecular flexibility index (Phi) is 11.5. The Morgan fingerprint density at radius 3 is 2.52 bits per heavy atom. The molecule has 242 valence electrons. The van der Waals surface area contributed by atoms with Gasteiger partial charge in [-0.3, -0.25) is 9.59 Å². The van der Waals surface area contributed by atoms with Gasteiger partial charge >= 0.3 is 4.87 Å². The number of morpholine rings is 1. The number of carbonyl (C=O) groups excluding carboxylic acids is 1. The molecular formula is C33H48N4O5S2. The van der Waals surface area contributed by atoms with Gasteiger partial charge in [-0.25, -0.2) is 0 Å². The van der Waals surface area contributed by atoms with Crippen molar-refractivity contribution in [3.8, 4) is 5.75 Å². The summed E-state index contributed by atoms with van der Waals surface area (Å²) in [6.45, 7) is 10.7. The molecule has 11 heteroatoms. The number of benzene rings is 1. The number of aromatic amines is 1. The number of H-pyrrole nitrogens is 1. The number of unbranched alkanes of at least 4 members (excludes halogenated alkanes) is 6. The lowest BCUT2D eigenvalue weighted by Crippen LogP contribution is -2.58. The maximum Gasteiger partial charge on any atom is 0.305 e. The highest BCUT2D eigenvalue weighted by atomic mass is 32.1. The number of hydrogen-bond acceptors (Lipinski definition) is 9. The van der Waals surface area contributed by atoms with E-state index in [0.29, 0.717) is 42.0 Å². The third kappa shape index (κ3) is 8.30. The van der Waals surface area contributed by atoms with Crippen LogP contribution in [0.3, 0.4) is 0 Å². The molecule has 2 fully saturated rings. The maximum atomic E-state index is 13.1. The van der Waals surface area contributed by atoms with Crippen molar-refractivity contribution in [2.45, 2.75) is 83.3 Å². The molecule has 2 aliphatic rings. The average molecular weight is 645 g/mol. The molecule has 0 aliphatic carbocycles. The largest absolute Gasteiger partial charge is 0.506 e. The van der Waals surface area contributed by atoms with Crippen molar-refractivity contribution in [3.63, 3.8) is 0 Å². The number of thiazole rings is 1. The van der Waals surface area contributed by atoms with Gasteiger partial charge in [-0.1, -0.05) is 49.5 Å². The summed E-state index contributed by atoms with van der Waals surface area (Å²) in [5, 5.41) is 23.9. The number of aromatic hydroxyl groups is 1. The van der Waals surface area contributed by atoms with E-state index in [4.69, 9.17) is 4.74 Å². The second kappa shape index (κ2) is 15.3. The van der Waals surface area contributed by atoms with E-state index in [1.165, 1.54) is 55.0 Å². The first-order valence-electron chi connectivity index (χ1n) is 16.2. The first-order valence-corrected chi connectivity index (χ1v) is 17.8. The van der Waals surface area contributed by atoms with Crippen LogP contribution < -0.4 is 10.2 Å². The van der Waals surface area contributed by atoms with Gasteiger partial charge in [0, 0.05) is 36.6 Å². The Hall–Kier alpha value is -2.28. The van der Waals surface area contributed by atoms with Gasteiger partial charge in [-0.15, -0.1) is 11.3 Å². The number of phenols is 1. The van der Waals surface area contributed by atoms with Gasteiger partial charge in [0.15, 0.2) is 0 Å². The predicted octanol–water partition coefficient (Wildman–Crippen LogP) is 5.33. The molecule has 5 rings (SSSR count). The number of fused-ring (bicyclic) bond motifs is 1. The number of ether oxygens (including phenoxy) is 1. The molecule has 44 heavy (non-hydrogen) atoms. The summed E-state index contributed by atoms with van der Waals surface area (Å²) in [4.78, 5) is 33.9. The van der Waals surface area contributed by atoms with Crippen LogP contribution in [-0.2, 0) is 4.74 Å². The molecule has 9 nitrogen and oxygen atoms in total. The predicted molar refractivity (Wildman–Crippen MR) is 178 cm³/mol. The van der Waals surface area contributed by atoms with Crippen molar-refractivity contribution < 1.29 is 19.7 Å². The molecule has 1 atom stereocenters. The summed E-state index contributed by atoms with van der Waals surface area (Å²) in [5.74, 6) is 0.190. The second-order valence-electron chi connectivity index (χ2n) is 12.5. The van der Waals surface area contributed by atoms with Gasteiger partial charge in [0.2, 0.25) is 0 Å². The van der Waals surface area contributed by atoms with Crippen LogP contribution in [0.1, 0.15) is 89.6 Å². The van der Waals surface area contributed by atoms with E-state index in [1.54, 1.807) is 17.4 Å². The third-order valence-corrected chi connectivity index (χ3v) is 11.4. The molecule has 1 unspecified atom stereocenters. The number of hydrogen-bond donors (Lipinski definition) is 4. The molecule has 0 radical (unpaired) electrons. The number of aryl methyl sites for hydroxylation is 2. The lowest BCUT2D eigenvalue weighted by molar-refractivity contribution is -0.127. The van der Waals surface area contributed by atoms with E-state index >= 15 is 0 Å². The molecule has 0 bridgehead atoms. The van der Waals surface area contributed by atoms with E-state index in [2.05, 4.69) is 29.0 Å². The number of aliphatic hydroxyl groups is 1. The van der Waals surface area contributed by atoms with Crippen molar-refractivity contribution in [2.75, 3.05) is 52.4 Å². The van der Waals surface area contributed by atoms with Crippen LogP contribution in [0.2, 0.25) is 0 Å². The highest BCUT2D eigenvalue weighted by Gasteiger charge is 2.41. The maximum absolute atomic E-state index is 13.1. The Labute approximate surface area is 268 Å².